The number of aromatic nitrogens is 2. The normalized spacial score (nSPS) is 10.9. The van der Waals surface area contributed by atoms with Crippen molar-refractivity contribution >= 4 is 5.91 Å². The van der Waals surface area contributed by atoms with E-state index in [2.05, 4.69) is 26.0 Å². The Morgan fingerprint density at radius 1 is 1.50 bits per heavy atom. The lowest BCUT2D eigenvalue weighted by Gasteiger charge is -2.24. The minimum absolute atomic E-state index is 0.187. The number of carbonyl (C=O) groups excluding carboxylic acids is 1. The Hall–Kier alpha value is -1.90. The third kappa shape index (κ3) is 3.29. The quantitative estimate of drug-likeness (QED) is 0.796. The molecule has 0 saturated carbocycles. The fraction of sp³-hybridized carbons (Fsp3) is 0.667. The molecule has 6 heteroatoms. The molecule has 0 saturated heterocycles. The highest BCUT2D eigenvalue weighted by atomic mass is 16.5. The van der Waals surface area contributed by atoms with Gasteiger partial charge in [-0.25, -0.2) is 0 Å². The zero-order chi connectivity index (χ0) is 13.4. The van der Waals surface area contributed by atoms with E-state index in [1.807, 2.05) is 13.8 Å². The predicted octanol–water partition coefficient (Wildman–Crippen LogP) is 1.80. The molecule has 18 heavy (non-hydrogen) atoms. The van der Waals surface area contributed by atoms with Gasteiger partial charge in [0.25, 0.3) is 0 Å². The van der Waals surface area contributed by atoms with E-state index in [1.54, 1.807) is 0 Å². The maximum atomic E-state index is 12.2. The molecule has 0 aromatic carbocycles. The van der Waals surface area contributed by atoms with Gasteiger partial charge < -0.3 is 9.84 Å². The molecule has 0 unspecified atom stereocenters. The zero-order valence-electron chi connectivity index (χ0n) is 10.8. The van der Waals surface area contributed by atoms with Gasteiger partial charge in [-0.05, 0) is 12.8 Å². The van der Waals surface area contributed by atoms with E-state index in [0.717, 1.165) is 12.8 Å². The Balaban J connectivity index is 2.67. The van der Waals surface area contributed by atoms with Crippen LogP contribution in [0.2, 0.25) is 0 Å². The fourth-order valence-electron chi connectivity index (χ4n) is 1.97. The summed E-state index contributed by atoms with van der Waals surface area (Å²) in [4.78, 5) is 16.0. The summed E-state index contributed by atoms with van der Waals surface area (Å²) in [6, 6.07) is 2.17. The average molecular weight is 250 g/mol. The molecule has 0 aliphatic heterocycles. The first kappa shape index (κ1) is 14.2. The van der Waals surface area contributed by atoms with Gasteiger partial charge >= 0.3 is 0 Å². The van der Waals surface area contributed by atoms with Crippen LogP contribution < -0.4 is 5.32 Å². The molecule has 1 amide bonds. The third-order valence-corrected chi connectivity index (χ3v) is 2.82. The summed E-state index contributed by atoms with van der Waals surface area (Å²) in [7, 11) is 0. The molecular weight excluding hydrogens is 232 g/mol. The Morgan fingerprint density at radius 3 is 2.61 bits per heavy atom. The molecule has 1 aromatic heterocycles. The lowest BCUT2D eigenvalue weighted by Crippen LogP contribution is -2.40. The lowest BCUT2D eigenvalue weighted by molar-refractivity contribution is -0.129. The molecule has 1 rings (SSSR count). The molecule has 0 radical (unpaired) electrons. The van der Waals surface area contributed by atoms with Crippen LogP contribution in [0.25, 0.3) is 0 Å². The molecule has 0 spiro atoms. The smallest absolute Gasteiger partial charge is 0.240 e. The van der Waals surface area contributed by atoms with Gasteiger partial charge in [0.15, 0.2) is 5.82 Å². The van der Waals surface area contributed by atoms with Gasteiger partial charge in [-0.3, -0.25) is 4.79 Å². The predicted molar refractivity (Wildman–Crippen MR) is 64.0 cm³/mol. The largest absolute Gasteiger partial charge is 0.347 e. The van der Waals surface area contributed by atoms with Gasteiger partial charge in [-0.15, -0.1) is 0 Å². The van der Waals surface area contributed by atoms with Crippen molar-refractivity contribution in [2.45, 2.75) is 46.1 Å². The van der Waals surface area contributed by atoms with Crippen LogP contribution >= 0.6 is 0 Å². The first-order chi connectivity index (χ1) is 8.68. The maximum Gasteiger partial charge on any atom is 0.240 e. The molecule has 1 N–H and O–H groups in total. The third-order valence-electron chi connectivity index (χ3n) is 2.82. The SMILES string of the molecule is CCCC(C#N)(CCC)C(=O)NCc1ncon1. The van der Waals surface area contributed by atoms with Crippen molar-refractivity contribution < 1.29 is 9.32 Å². The van der Waals surface area contributed by atoms with Crippen LogP contribution in [0.3, 0.4) is 0 Å². The Labute approximate surface area is 106 Å². The van der Waals surface area contributed by atoms with E-state index in [0.29, 0.717) is 18.7 Å². The summed E-state index contributed by atoms with van der Waals surface area (Å²) in [5, 5.41) is 15.6. The molecular formula is C12H18N4O2. The standard InChI is InChI=1S/C12H18N4O2/c1-3-5-12(8-13,6-4-2)11(17)14-7-10-15-9-18-16-10/h9H,3-7H2,1-2H3,(H,14,17). The minimum atomic E-state index is -0.937. The molecule has 0 aliphatic carbocycles. The number of amides is 1. The number of nitrogens with zero attached hydrogens (tertiary/aromatic N) is 3. The van der Waals surface area contributed by atoms with E-state index < -0.39 is 5.41 Å². The molecule has 1 aromatic rings. The number of nitrogens with one attached hydrogen (secondary N) is 1. The van der Waals surface area contributed by atoms with Crippen molar-refractivity contribution in [3.8, 4) is 6.07 Å². The average Bonchev–Trinajstić information content (AvgIpc) is 2.88. The second-order valence-corrected chi connectivity index (χ2v) is 4.22. The molecule has 0 atom stereocenters. The van der Waals surface area contributed by atoms with E-state index >= 15 is 0 Å². The molecule has 6 nitrogen and oxygen atoms in total. The van der Waals surface area contributed by atoms with Crippen molar-refractivity contribution in [3.05, 3.63) is 12.2 Å². The molecule has 0 bridgehead atoms. The maximum absolute atomic E-state index is 12.2. The minimum Gasteiger partial charge on any atom is -0.347 e. The summed E-state index contributed by atoms with van der Waals surface area (Å²) in [6.07, 6.45) is 3.92. The molecule has 0 aliphatic rings. The van der Waals surface area contributed by atoms with Crippen molar-refractivity contribution in [3.63, 3.8) is 0 Å². The van der Waals surface area contributed by atoms with Crippen molar-refractivity contribution in [2.24, 2.45) is 5.41 Å². The molecule has 1 heterocycles. The van der Waals surface area contributed by atoms with Crippen LogP contribution in [0.1, 0.15) is 45.4 Å². The van der Waals surface area contributed by atoms with E-state index in [-0.39, 0.29) is 12.5 Å². The highest BCUT2D eigenvalue weighted by molar-refractivity contribution is 5.85. The number of carbonyl (C=O) groups is 1. The van der Waals surface area contributed by atoms with Gasteiger partial charge in [0, 0.05) is 0 Å². The van der Waals surface area contributed by atoms with Gasteiger partial charge in [0.1, 0.15) is 5.41 Å². The summed E-state index contributed by atoms with van der Waals surface area (Å²) in [5.74, 6) is 0.154. The second-order valence-electron chi connectivity index (χ2n) is 4.22. The van der Waals surface area contributed by atoms with E-state index in [9.17, 15) is 10.1 Å². The fourth-order valence-corrected chi connectivity index (χ4v) is 1.97. The first-order valence-electron chi connectivity index (χ1n) is 6.13. The Bertz CT molecular complexity index is 402. The number of nitriles is 1. The van der Waals surface area contributed by atoms with Crippen LogP contribution in [-0.4, -0.2) is 16.0 Å². The van der Waals surface area contributed by atoms with Crippen molar-refractivity contribution in [1.82, 2.24) is 15.5 Å². The first-order valence-corrected chi connectivity index (χ1v) is 6.13. The Kier molecular flexibility index (Phi) is 5.31. The number of rotatable bonds is 7. The van der Waals surface area contributed by atoms with Gasteiger partial charge in [0.05, 0.1) is 12.6 Å². The summed E-state index contributed by atoms with van der Waals surface area (Å²) in [5.41, 5.74) is -0.937. The topological polar surface area (TPSA) is 91.8 Å². The molecule has 98 valence electrons. The second kappa shape index (κ2) is 6.74. The van der Waals surface area contributed by atoms with Gasteiger partial charge in [0.2, 0.25) is 12.3 Å². The van der Waals surface area contributed by atoms with Crippen LogP contribution in [0, 0.1) is 16.7 Å². The van der Waals surface area contributed by atoms with Crippen LogP contribution in [0.5, 0.6) is 0 Å². The molecule has 0 fully saturated rings. The van der Waals surface area contributed by atoms with Crippen molar-refractivity contribution in [1.29, 1.82) is 5.26 Å². The van der Waals surface area contributed by atoms with Crippen molar-refractivity contribution in [2.75, 3.05) is 0 Å². The lowest BCUT2D eigenvalue weighted by atomic mass is 9.80. The monoisotopic (exact) mass is 250 g/mol. The van der Waals surface area contributed by atoms with Crippen LogP contribution in [-0.2, 0) is 11.3 Å². The highest BCUT2D eigenvalue weighted by Crippen LogP contribution is 2.29. The number of hydrogen-bond donors (Lipinski definition) is 1. The number of hydrogen-bond acceptors (Lipinski definition) is 5. The van der Waals surface area contributed by atoms with Gasteiger partial charge in [-0.2, -0.15) is 10.2 Å². The summed E-state index contributed by atoms with van der Waals surface area (Å²) < 4.78 is 4.58. The Morgan fingerprint density at radius 2 is 2.17 bits per heavy atom. The van der Waals surface area contributed by atoms with Crippen LogP contribution in [0.15, 0.2) is 10.9 Å². The summed E-state index contributed by atoms with van der Waals surface area (Å²) >= 11 is 0. The zero-order valence-corrected chi connectivity index (χ0v) is 10.8. The highest BCUT2D eigenvalue weighted by Gasteiger charge is 2.36. The van der Waals surface area contributed by atoms with E-state index in [1.165, 1.54) is 6.39 Å². The van der Waals surface area contributed by atoms with E-state index in [4.69, 9.17) is 0 Å². The van der Waals surface area contributed by atoms with Gasteiger partial charge in [-0.1, -0.05) is 31.8 Å². The van der Waals surface area contributed by atoms with Crippen LogP contribution in [0.4, 0.5) is 0 Å². The summed E-state index contributed by atoms with van der Waals surface area (Å²) in [6.45, 7) is 4.12.